The maximum Gasteiger partial charge on any atom is 0.265 e. The van der Waals surface area contributed by atoms with E-state index in [1.807, 2.05) is 27.7 Å². The minimum absolute atomic E-state index is 0.161. The maximum absolute atomic E-state index is 12.0. The minimum atomic E-state index is -0.161. The Morgan fingerprint density at radius 2 is 2.05 bits per heavy atom. The molecule has 0 saturated carbocycles. The molecule has 0 fully saturated rings. The van der Waals surface area contributed by atoms with Crippen LogP contribution in [-0.2, 0) is 4.74 Å². The molecule has 1 aromatic heterocycles. The number of unbranched alkanes of at least 4 members (excludes halogenated alkanes) is 1. The zero-order valence-corrected chi connectivity index (χ0v) is 14.0. The molecule has 21 heavy (non-hydrogen) atoms. The molecule has 0 aromatic carbocycles. The largest absolute Gasteiger partial charge is 0.382 e. The first kappa shape index (κ1) is 17.7. The lowest BCUT2D eigenvalue weighted by molar-refractivity contribution is 0.0754. The van der Waals surface area contributed by atoms with Gasteiger partial charge >= 0.3 is 0 Å². The van der Waals surface area contributed by atoms with Crippen molar-refractivity contribution in [3.05, 3.63) is 4.88 Å². The first-order valence-corrected chi connectivity index (χ1v) is 8.14. The Bertz CT molecular complexity index is 446. The third-order valence-electron chi connectivity index (χ3n) is 2.58. The van der Waals surface area contributed by atoms with Gasteiger partial charge in [0.15, 0.2) is 5.13 Å². The van der Waals surface area contributed by atoms with E-state index in [-0.39, 0.29) is 23.9 Å². The Morgan fingerprint density at radius 3 is 2.67 bits per heavy atom. The van der Waals surface area contributed by atoms with Crippen LogP contribution in [0.15, 0.2) is 0 Å². The SMILES string of the molecule is CC(C)Nc1nc(N)c(C(=O)NCCCCOC(C)C)s1. The van der Waals surface area contributed by atoms with Gasteiger partial charge in [-0.2, -0.15) is 0 Å². The van der Waals surface area contributed by atoms with Crippen molar-refractivity contribution in [2.24, 2.45) is 0 Å². The second-order valence-corrected chi connectivity index (χ2v) is 6.41. The van der Waals surface area contributed by atoms with E-state index in [0.29, 0.717) is 16.6 Å². The summed E-state index contributed by atoms with van der Waals surface area (Å²) in [7, 11) is 0. The number of ether oxygens (including phenoxy) is 1. The minimum Gasteiger partial charge on any atom is -0.382 e. The molecule has 120 valence electrons. The van der Waals surface area contributed by atoms with E-state index in [4.69, 9.17) is 10.5 Å². The van der Waals surface area contributed by atoms with Gasteiger partial charge in [0.05, 0.1) is 6.10 Å². The van der Waals surface area contributed by atoms with E-state index >= 15 is 0 Å². The van der Waals surface area contributed by atoms with E-state index in [1.165, 1.54) is 11.3 Å². The quantitative estimate of drug-likeness (QED) is 0.609. The third kappa shape index (κ3) is 6.77. The van der Waals surface area contributed by atoms with Gasteiger partial charge in [-0.25, -0.2) is 4.98 Å². The standard InChI is InChI=1S/C14H26N4O2S/c1-9(2)17-14-18-12(15)11(21-14)13(19)16-7-5-6-8-20-10(3)4/h9-10H,5-8,15H2,1-4H3,(H,16,19)(H,17,18). The fraction of sp³-hybridized carbons (Fsp3) is 0.714. The van der Waals surface area contributed by atoms with Crippen molar-refractivity contribution in [1.29, 1.82) is 0 Å². The molecule has 0 radical (unpaired) electrons. The van der Waals surface area contributed by atoms with Crippen LogP contribution >= 0.6 is 11.3 Å². The molecule has 0 aliphatic heterocycles. The average Bonchev–Trinajstić information content (AvgIpc) is 2.73. The van der Waals surface area contributed by atoms with E-state index in [2.05, 4.69) is 15.6 Å². The van der Waals surface area contributed by atoms with E-state index in [9.17, 15) is 4.79 Å². The summed E-state index contributed by atoms with van der Waals surface area (Å²) in [5.74, 6) is 0.121. The molecule has 0 aliphatic carbocycles. The lowest BCUT2D eigenvalue weighted by Gasteiger charge is -2.07. The van der Waals surface area contributed by atoms with E-state index in [0.717, 1.165) is 19.4 Å². The predicted octanol–water partition coefficient (Wildman–Crippen LogP) is 2.48. The number of thiazole rings is 1. The van der Waals surface area contributed by atoms with Crippen LogP contribution in [0.4, 0.5) is 10.9 Å². The van der Waals surface area contributed by atoms with Gasteiger partial charge < -0.3 is 21.1 Å². The van der Waals surface area contributed by atoms with Gasteiger partial charge in [-0.3, -0.25) is 4.79 Å². The molecule has 0 spiro atoms. The number of amides is 1. The van der Waals surface area contributed by atoms with Crippen LogP contribution in [0.3, 0.4) is 0 Å². The van der Waals surface area contributed by atoms with Gasteiger partial charge in [-0.05, 0) is 40.5 Å². The smallest absolute Gasteiger partial charge is 0.265 e. The number of carbonyl (C=O) groups excluding carboxylic acids is 1. The fourth-order valence-electron chi connectivity index (χ4n) is 1.63. The molecule has 1 heterocycles. The van der Waals surface area contributed by atoms with Crippen LogP contribution < -0.4 is 16.4 Å². The zero-order valence-electron chi connectivity index (χ0n) is 13.2. The summed E-state index contributed by atoms with van der Waals surface area (Å²) in [6, 6.07) is 0.257. The third-order valence-corrected chi connectivity index (χ3v) is 3.58. The molecule has 4 N–H and O–H groups in total. The van der Waals surface area contributed by atoms with Crippen LogP contribution in [0.2, 0.25) is 0 Å². The van der Waals surface area contributed by atoms with Gasteiger partial charge in [-0.15, -0.1) is 0 Å². The topological polar surface area (TPSA) is 89.3 Å². The number of nitrogens with zero attached hydrogens (tertiary/aromatic N) is 1. The second kappa shape index (κ2) is 8.84. The highest BCUT2D eigenvalue weighted by Gasteiger charge is 2.16. The predicted molar refractivity (Wildman–Crippen MR) is 87.9 cm³/mol. The maximum atomic E-state index is 12.0. The Balaban J connectivity index is 2.33. The highest BCUT2D eigenvalue weighted by Crippen LogP contribution is 2.25. The Kier molecular flexibility index (Phi) is 7.45. The Labute approximate surface area is 130 Å². The normalized spacial score (nSPS) is 11.1. The van der Waals surface area contributed by atoms with Crippen molar-refractivity contribution in [3.63, 3.8) is 0 Å². The summed E-state index contributed by atoms with van der Waals surface area (Å²) in [4.78, 5) is 16.6. The Morgan fingerprint density at radius 1 is 1.33 bits per heavy atom. The van der Waals surface area contributed by atoms with Gasteiger partial charge in [0.2, 0.25) is 0 Å². The van der Waals surface area contributed by atoms with Crippen LogP contribution in [-0.4, -0.2) is 36.2 Å². The summed E-state index contributed by atoms with van der Waals surface area (Å²) in [6.45, 7) is 9.38. The Hall–Kier alpha value is -1.34. The van der Waals surface area contributed by atoms with Crippen molar-refractivity contribution in [2.45, 2.75) is 52.7 Å². The van der Waals surface area contributed by atoms with Crippen LogP contribution in [0, 0.1) is 0 Å². The molecular weight excluding hydrogens is 288 g/mol. The summed E-state index contributed by atoms with van der Waals surface area (Å²) in [5.41, 5.74) is 5.78. The second-order valence-electron chi connectivity index (χ2n) is 5.41. The summed E-state index contributed by atoms with van der Waals surface area (Å²) >= 11 is 1.28. The highest BCUT2D eigenvalue weighted by molar-refractivity contribution is 7.18. The molecule has 6 nitrogen and oxygen atoms in total. The van der Waals surface area contributed by atoms with Gasteiger partial charge in [0.1, 0.15) is 10.7 Å². The van der Waals surface area contributed by atoms with Crippen LogP contribution in [0.1, 0.15) is 50.2 Å². The van der Waals surface area contributed by atoms with Crippen molar-refractivity contribution >= 4 is 28.2 Å². The number of hydrogen-bond acceptors (Lipinski definition) is 6. The number of rotatable bonds is 9. The van der Waals surface area contributed by atoms with Crippen molar-refractivity contribution < 1.29 is 9.53 Å². The van der Waals surface area contributed by atoms with Crippen molar-refractivity contribution in [1.82, 2.24) is 10.3 Å². The number of anilines is 2. The monoisotopic (exact) mass is 314 g/mol. The molecule has 1 aromatic rings. The average molecular weight is 314 g/mol. The number of hydrogen-bond donors (Lipinski definition) is 3. The van der Waals surface area contributed by atoms with Gasteiger partial charge in [-0.1, -0.05) is 11.3 Å². The lowest BCUT2D eigenvalue weighted by atomic mass is 10.3. The van der Waals surface area contributed by atoms with Crippen LogP contribution in [0.5, 0.6) is 0 Å². The molecule has 0 saturated heterocycles. The molecule has 0 aliphatic rings. The molecule has 0 bridgehead atoms. The highest BCUT2D eigenvalue weighted by atomic mass is 32.1. The number of aromatic nitrogens is 1. The summed E-state index contributed by atoms with van der Waals surface area (Å²) in [6.07, 6.45) is 2.06. The molecule has 1 amide bonds. The summed E-state index contributed by atoms with van der Waals surface area (Å²) < 4.78 is 5.44. The van der Waals surface area contributed by atoms with Crippen molar-refractivity contribution in [2.75, 3.05) is 24.2 Å². The number of nitrogens with two attached hydrogens (primary N) is 1. The summed E-state index contributed by atoms with van der Waals surface area (Å²) in [5, 5.41) is 6.69. The fourth-order valence-corrected chi connectivity index (χ4v) is 2.58. The van der Waals surface area contributed by atoms with E-state index < -0.39 is 0 Å². The first-order chi connectivity index (χ1) is 9.90. The van der Waals surface area contributed by atoms with Gasteiger partial charge in [0, 0.05) is 19.2 Å². The van der Waals surface area contributed by atoms with Crippen LogP contribution in [0.25, 0.3) is 0 Å². The number of nitrogens with one attached hydrogen (secondary N) is 2. The van der Waals surface area contributed by atoms with E-state index in [1.54, 1.807) is 0 Å². The molecule has 0 unspecified atom stereocenters. The molecular formula is C14H26N4O2S. The zero-order chi connectivity index (χ0) is 15.8. The van der Waals surface area contributed by atoms with Gasteiger partial charge in [0.25, 0.3) is 5.91 Å². The molecule has 7 heteroatoms. The number of carbonyl (C=O) groups is 1. The van der Waals surface area contributed by atoms with Crippen molar-refractivity contribution in [3.8, 4) is 0 Å². The lowest BCUT2D eigenvalue weighted by Crippen LogP contribution is -2.24. The molecule has 0 atom stereocenters. The first-order valence-electron chi connectivity index (χ1n) is 7.32. The molecule has 1 rings (SSSR count). The number of nitrogen functional groups attached to an aromatic ring is 1.